The number of aromatic nitrogens is 2. The molecule has 1 aliphatic carbocycles. The number of aliphatic hydroxyl groups excluding tert-OH is 1. The van der Waals surface area contributed by atoms with Crippen LogP contribution in [-0.2, 0) is 12.8 Å². The highest BCUT2D eigenvalue weighted by molar-refractivity contribution is 7.19. The van der Waals surface area contributed by atoms with Gasteiger partial charge in [-0.25, -0.2) is 14.4 Å². The minimum atomic E-state index is -0.707. The van der Waals surface area contributed by atoms with Crippen LogP contribution in [0.15, 0.2) is 30.6 Å². The van der Waals surface area contributed by atoms with Gasteiger partial charge in [-0.15, -0.1) is 11.3 Å². The highest BCUT2D eigenvalue weighted by Crippen LogP contribution is 2.38. The summed E-state index contributed by atoms with van der Waals surface area (Å²) in [4.78, 5) is 11.1. The van der Waals surface area contributed by atoms with Gasteiger partial charge in [0.05, 0.1) is 5.39 Å². The molecule has 0 saturated carbocycles. The summed E-state index contributed by atoms with van der Waals surface area (Å²) < 4.78 is 18.3. The van der Waals surface area contributed by atoms with Gasteiger partial charge < -0.3 is 15.2 Å². The zero-order chi connectivity index (χ0) is 17.2. The number of hydrogen-bond acceptors (Lipinski definition) is 6. The van der Waals surface area contributed by atoms with Gasteiger partial charge in [0, 0.05) is 11.4 Å². The fourth-order valence-corrected chi connectivity index (χ4v) is 4.29. The second-order valence-corrected chi connectivity index (χ2v) is 7.14. The minimum Gasteiger partial charge on any atom is -0.491 e. The predicted octanol–water partition coefficient (Wildman–Crippen LogP) is 3.17. The van der Waals surface area contributed by atoms with Gasteiger partial charge in [0.15, 0.2) is 0 Å². The summed E-state index contributed by atoms with van der Waals surface area (Å²) in [7, 11) is 0. The van der Waals surface area contributed by atoms with Crippen molar-refractivity contribution in [3.8, 4) is 5.75 Å². The van der Waals surface area contributed by atoms with Crippen molar-refractivity contribution in [1.82, 2.24) is 9.97 Å². The van der Waals surface area contributed by atoms with Crippen molar-refractivity contribution < 1.29 is 14.2 Å². The average Bonchev–Trinajstić information content (AvgIpc) is 3.20. The molecule has 2 aromatic heterocycles. The summed E-state index contributed by atoms with van der Waals surface area (Å²) in [5.41, 5.74) is 1.35. The molecule has 0 saturated heterocycles. The standard InChI is InChI=1S/C18H18FN3O2S/c19-11-4-6-13(7-5-11)24-9-12(23)8-20-17-16-14-2-1-3-15(14)25-18(16)22-10-21-17/h4-7,10,12,23H,1-3,8-9H2,(H,20,21,22). The van der Waals surface area contributed by atoms with Crippen molar-refractivity contribution in [2.75, 3.05) is 18.5 Å². The van der Waals surface area contributed by atoms with Gasteiger partial charge in [-0.05, 0) is 49.1 Å². The van der Waals surface area contributed by atoms with E-state index in [0.29, 0.717) is 12.3 Å². The Labute approximate surface area is 148 Å². The van der Waals surface area contributed by atoms with E-state index in [1.165, 1.54) is 41.1 Å². The number of rotatable bonds is 6. The normalized spacial score (nSPS) is 14.5. The van der Waals surface area contributed by atoms with E-state index in [-0.39, 0.29) is 12.4 Å². The van der Waals surface area contributed by atoms with E-state index < -0.39 is 6.10 Å². The van der Waals surface area contributed by atoms with Crippen LogP contribution in [-0.4, -0.2) is 34.3 Å². The van der Waals surface area contributed by atoms with Crippen LogP contribution < -0.4 is 10.1 Å². The minimum absolute atomic E-state index is 0.120. The Bertz CT molecular complexity index is 882. The number of hydrogen-bond donors (Lipinski definition) is 2. The summed E-state index contributed by atoms with van der Waals surface area (Å²) in [6.07, 6.45) is 4.20. The molecule has 2 N–H and O–H groups in total. The van der Waals surface area contributed by atoms with E-state index in [9.17, 15) is 9.50 Å². The third-order valence-electron chi connectivity index (χ3n) is 4.26. The first-order valence-corrected chi connectivity index (χ1v) is 9.08. The molecule has 4 rings (SSSR count). The average molecular weight is 359 g/mol. The number of anilines is 1. The number of halogens is 1. The van der Waals surface area contributed by atoms with Crippen LogP contribution in [0.4, 0.5) is 10.2 Å². The van der Waals surface area contributed by atoms with Crippen LogP contribution in [0.3, 0.4) is 0 Å². The molecule has 0 radical (unpaired) electrons. The molecular formula is C18H18FN3O2S. The van der Waals surface area contributed by atoms with Crippen LogP contribution in [0.1, 0.15) is 16.9 Å². The zero-order valence-corrected chi connectivity index (χ0v) is 14.4. The number of fused-ring (bicyclic) bond motifs is 3. The molecule has 0 spiro atoms. The molecule has 1 aromatic carbocycles. The number of benzene rings is 1. The lowest BCUT2D eigenvalue weighted by Crippen LogP contribution is -2.26. The summed E-state index contributed by atoms with van der Waals surface area (Å²) in [5.74, 6) is 0.983. The second-order valence-electron chi connectivity index (χ2n) is 6.06. The van der Waals surface area contributed by atoms with Crippen molar-refractivity contribution in [2.45, 2.75) is 25.4 Å². The van der Waals surface area contributed by atoms with E-state index >= 15 is 0 Å². The smallest absolute Gasteiger partial charge is 0.138 e. The number of nitrogens with one attached hydrogen (secondary N) is 1. The van der Waals surface area contributed by atoms with Gasteiger partial charge >= 0.3 is 0 Å². The molecule has 3 aromatic rings. The summed E-state index contributed by atoms with van der Waals surface area (Å²) >= 11 is 1.73. The lowest BCUT2D eigenvalue weighted by Gasteiger charge is -2.14. The number of nitrogens with zero attached hydrogens (tertiary/aromatic N) is 2. The summed E-state index contributed by atoms with van der Waals surface area (Å²) in [6.45, 7) is 0.437. The fraction of sp³-hybridized carbons (Fsp3) is 0.333. The number of thiophene rings is 1. The number of ether oxygens (including phenoxy) is 1. The van der Waals surface area contributed by atoms with Crippen molar-refractivity contribution in [2.24, 2.45) is 0 Å². The molecule has 2 heterocycles. The Morgan fingerprint density at radius 1 is 1.24 bits per heavy atom. The van der Waals surface area contributed by atoms with Crippen LogP contribution >= 0.6 is 11.3 Å². The van der Waals surface area contributed by atoms with Gasteiger partial charge in [0.1, 0.15) is 41.3 Å². The molecule has 0 bridgehead atoms. The molecule has 0 fully saturated rings. The highest BCUT2D eigenvalue weighted by atomic mass is 32.1. The van der Waals surface area contributed by atoms with E-state index in [0.717, 1.165) is 28.9 Å². The SMILES string of the molecule is OC(CNc1ncnc2sc3c(c12)CCC3)COc1ccc(F)cc1. The van der Waals surface area contributed by atoms with Gasteiger partial charge in [-0.2, -0.15) is 0 Å². The maximum absolute atomic E-state index is 12.9. The second kappa shape index (κ2) is 6.93. The van der Waals surface area contributed by atoms with E-state index in [1.807, 2.05) is 0 Å². The Morgan fingerprint density at radius 3 is 2.92 bits per heavy atom. The van der Waals surface area contributed by atoms with Gasteiger partial charge in [0.2, 0.25) is 0 Å². The van der Waals surface area contributed by atoms with E-state index in [4.69, 9.17) is 4.74 Å². The zero-order valence-electron chi connectivity index (χ0n) is 13.5. The highest BCUT2D eigenvalue weighted by Gasteiger charge is 2.21. The first-order valence-electron chi connectivity index (χ1n) is 8.26. The van der Waals surface area contributed by atoms with Crippen LogP contribution in [0.25, 0.3) is 10.2 Å². The number of aliphatic hydroxyl groups is 1. The molecule has 130 valence electrons. The summed E-state index contributed by atoms with van der Waals surface area (Å²) in [6, 6.07) is 5.74. The Morgan fingerprint density at radius 2 is 2.08 bits per heavy atom. The van der Waals surface area contributed by atoms with Crippen molar-refractivity contribution in [1.29, 1.82) is 0 Å². The van der Waals surface area contributed by atoms with Crippen molar-refractivity contribution >= 4 is 27.4 Å². The Balaban J connectivity index is 1.39. The lowest BCUT2D eigenvalue weighted by molar-refractivity contribution is 0.117. The number of aryl methyl sites for hydroxylation is 2. The summed E-state index contributed by atoms with van der Waals surface area (Å²) in [5, 5.41) is 14.4. The third kappa shape index (κ3) is 3.43. The Kier molecular flexibility index (Phi) is 4.50. The maximum atomic E-state index is 12.9. The monoisotopic (exact) mass is 359 g/mol. The van der Waals surface area contributed by atoms with E-state index in [1.54, 1.807) is 17.7 Å². The molecule has 1 unspecified atom stereocenters. The molecule has 25 heavy (non-hydrogen) atoms. The molecule has 5 nitrogen and oxygen atoms in total. The fourth-order valence-electron chi connectivity index (χ4n) is 3.06. The topological polar surface area (TPSA) is 67.3 Å². The molecule has 7 heteroatoms. The first kappa shape index (κ1) is 16.2. The molecular weight excluding hydrogens is 341 g/mol. The van der Waals surface area contributed by atoms with Gasteiger partial charge in [-0.3, -0.25) is 0 Å². The van der Waals surface area contributed by atoms with E-state index in [2.05, 4.69) is 15.3 Å². The molecule has 0 amide bonds. The van der Waals surface area contributed by atoms with Crippen molar-refractivity contribution in [3.05, 3.63) is 46.9 Å². The van der Waals surface area contributed by atoms with Crippen molar-refractivity contribution in [3.63, 3.8) is 0 Å². The quantitative estimate of drug-likeness (QED) is 0.708. The predicted molar refractivity (Wildman–Crippen MR) is 95.8 cm³/mol. The third-order valence-corrected chi connectivity index (χ3v) is 5.46. The van der Waals surface area contributed by atoms with Gasteiger partial charge in [-0.1, -0.05) is 0 Å². The maximum Gasteiger partial charge on any atom is 0.138 e. The first-order chi connectivity index (χ1) is 12.2. The molecule has 0 aliphatic heterocycles. The largest absolute Gasteiger partial charge is 0.491 e. The lowest BCUT2D eigenvalue weighted by atomic mass is 10.2. The molecule has 1 atom stereocenters. The Hall–Kier alpha value is -2.25. The van der Waals surface area contributed by atoms with Crippen LogP contribution in [0, 0.1) is 5.82 Å². The van der Waals surface area contributed by atoms with Crippen LogP contribution in [0.5, 0.6) is 5.75 Å². The molecule has 1 aliphatic rings. The van der Waals surface area contributed by atoms with Gasteiger partial charge in [0.25, 0.3) is 0 Å². The van der Waals surface area contributed by atoms with Crippen LogP contribution in [0.2, 0.25) is 0 Å².